The van der Waals surface area contributed by atoms with Gasteiger partial charge in [0.2, 0.25) is 0 Å². The summed E-state index contributed by atoms with van der Waals surface area (Å²) in [5.74, 6) is 1.25. The molecule has 0 radical (unpaired) electrons. The number of aliphatic imine (C=N–C) groups is 1. The Hall–Kier alpha value is -0.940. The zero-order valence-corrected chi connectivity index (χ0v) is 15.4. The van der Waals surface area contributed by atoms with E-state index in [1.807, 2.05) is 5.38 Å². The van der Waals surface area contributed by atoms with E-state index in [9.17, 15) is 0 Å². The van der Waals surface area contributed by atoms with Crippen molar-refractivity contribution in [3.8, 4) is 0 Å². The molecule has 0 aliphatic carbocycles. The molecule has 1 rings (SSSR count). The lowest BCUT2D eigenvalue weighted by atomic mass is 10.5. The Morgan fingerprint density at radius 3 is 2.45 bits per heavy atom. The van der Waals surface area contributed by atoms with Crippen molar-refractivity contribution in [2.75, 3.05) is 17.6 Å². The molecule has 0 saturated carbocycles. The van der Waals surface area contributed by atoms with Gasteiger partial charge < -0.3 is 22.5 Å². The second-order valence-corrected chi connectivity index (χ2v) is 5.38. The van der Waals surface area contributed by atoms with Gasteiger partial charge in [0.05, 0.1) is 12.2 Å². The van der Waals surface area contributed by atoms with E-state index >= 15 is 0 Å². The van der Waals surface area contributed by atoms with E-state index in [-0.39, 0.29) is 54.9 Å². The molecule has 0 bridgehead atoms. The number of thioether (sulfide) groups is 1. The summed E-state index contributed by atoms with van der Waals surface area (Å²) in [5.41, 5.74) is 16.7. The Balaban J connectivity index is -0.00000120. The van der Waals surface area contributed by atoms with E-state index in [0.29, 0.717) is 11.7 Å². The molecular weight excluding hydrogens is 391 g/mol. The van der Waals surface area contributed by atoms with Crippen LogP contribution >= 0.6 is 60.3 Å². The largest absolute Gasteiger partial charge is 0.381 e. The summed E-state index contributed by atoms with van der Waals surface area (Å²) in [4.78, 5) is 8.21. The fraction of sp³-hybridized carbons (Fsp3) is 0.333. The summed E-state index contributed by atoms with van der Waals surface area (Å²) in [5, 5.41) is 19.3. The second kappa shape index (κ2) is 13.7. The summed E-state index contributed by atoms with van der Waals surface area (Å²) >= 11 is 3.05. The van der Waals surface area contributed by atoms with Gasteiger partial charge in [0.15, 0.2) is 22.8 Å². The average molecular weight is 410 g/mol. The Morgan fingerprint density at radius 1 is 1.27 bits per heavy atom. The van der Waals surface area contributed by atoms with Crippen molar-refractivity contribution >= 4 is 83.1 Å². The van der Waals surface area contributed by atoms with Crippen LogP contribution in [0.4, 0.5) is 5.13 Å². The maximum Gasteiger partial charge on any atom is 0.192 e. The molecule has 0 amide bonds. The van der Waals surface area contributed by atoms with E-state index in [2.05, 4.69) is 15.3 Å². The fourth-order valence-corrected chi connectivity index (χ4v) is 2.59. The topological polar surface area (TPSA) is 163 Å². The van der Waals surface area contributed by atoms with Crippen LogP contribution in [0.2, 0.25) is 0 Å². The van der Waals surface area contributed by atoms with Crippen molar-refractivity contribution in [2.24, 2.45) is 22.2 Å². The van der Waals surface area contributed by atoms with Gasteiger partial charge in [0.1, 0.15) is 0 Å². The SMILES string of the molecule is Cl.Cl.Cl.N=C(N)Nc1nc(CSCCN=C(N)C(=N)N)cs1. The highest BCUT2D eigenvalue weighted by atomic mass is 35.5. The van der Waals surface area contributed by atoms with Crippen LogP contribution in [-0.2, 0) is 5.75 Å². The van der Waals surface area contributed by atoms with Crippen LogP contribution in [0.5, 0.6) is 0 Å². The standard InChI is InChI=1S/C9H16N8S2.3ClH/c10-6(11)7(12)15-1-2-18-3-5-4-19-9(16-5)17-8(13)14;;;/h4H,1-3H2,(H3,10,11)(H2,12,15)(H4,13,14,16,17);3*1H. The maximum atomic E-state index is 7.08. The molecule has 0 atom stereocenters. The normalized spacial score (nSPS) is 9.73. The molecule has 0 spiro atoms. The van der Waals surface area contributed by atoms with Gasteiger partial charge in [0, 0.05) is 16.9 Å². The smallest absolute Gasteiger partial charge is 0.192 e. The molecule has 1 heterocycles. The molecule has 0 aliphatic heterocycles. The van der Waals surface area contributed by atoms with Crippen LogP contribution in [0.3, 0.4) is 0 Å². The molecule has 0 saturated heterocycles. The lowest BCUT2D eigenvalue weighted by Crippen LogP contribution is -2.30. The lowest BCUT2D eigenvalue weighted by molar-refractivity contribution is 1.13. The molecule has 128 valence electrons. The van der Waals surface area contributed by atoms with Crippen molar-refractivity contribution in [3.05, 3.63) is 11.1 Å². The third kappa shape index (κ3) is 10.7. The third-order valence-corrected chi connectivity index (χ3v) is 3.61. The number of thiazole rings is 1. The van der Waals surface area contributed by atoms with Gasteiger partial charge >= 0.3 is 0 Å². The summed E-state index contributed by atoms with van der Waals surface area (Å²) in [7, 11) is 0. The van der Waals surface area contributed by atoms with Crippen LogP contribution in [0.25, 0.3) is 0 Å². The third-order valence-electron chi connectivity index (χ3n) is 1.84. The number of halogens is 3. The van der Waals surface area contributed by atoms with Crippen molar-refractivity contribution in [1.29, 1.82) is 10.8 Å². The Morgan fingerprint density at radius 2 is 1.91 bits per heavy atom. The summed E-state index contributed by atoms with van der Waals surface area (Å²) in [6, 6.07) is 0. The number of amidine groups is 2. The highest BCUT2D eigenvalue weighted by Gasteiger charge is 2.02. The molecule has 22 heavy (non-hydrogen) atoms. The average Bonchev–Trinajstić information content (AvgIpc) is 2.75. The number of anilines is 1. The minimum atomic E-state index is -0.204. The first-order valence-electron chi connectivity index (χ1n) is 5.26. The Labute approximate surface area is 155 Å². The predicted molar refractivity (Wildman–Crippen MR) is 104 cm³/mol. The van der Waals surface area contributed by atoms with Crippen LogP contribution < -0.4 is 22.5 Å². The van der Waals surface area contributed by atoms with E-state index in [1.54, 1.807) is 11.8 Å². The van der Waals surface area contributed by atoms with Gasteiger partial charge in [-0.1, -0.05) is 0 Å². The quantitative estimate of drug-likeness (QED) is 0.235. The zero-order valence-electron chi connectivity index (χ0n) is 11.4. The summed E-state index contributed by atoms with van der Waals surface area (Å²) in [6.07, 6.45) is 0. The molecule has 1 aromatic rings. The minimum absolute atomic E-state index is 0. The van der Waals surface area contributed by atoms with Crippen molar-refractivity contribution < 1.29 is 0 Å². The number of rotatable bonds is 6. The molecule has 8 nitrogen and oxygen atoms in total. The lowest BCUT2D eigenvalue weighted by Gasteiger charge is -1.99. The number of nitrogens with two attached hydrogens (primary N) is 3. The van der Waals surface area contributed by atoms with Crippen molar-refractivity contribution in [3.63, 3.8) is 0 Å². The molecule has 0 aromatic carbocycles. The first-order valence-corrected chi connectivity index (χ1v) is 7.30. The van der Waals surface area contributed by atoms with E-state index in [4.69, 9.17) is 28.0 Å². The van der Waals surface area contributed by atoms with Gasteiger partial charge in [-0.2, -0.15) is 11.8 Å². The summed E-state index contributed by atoms with van der Waals surface area (Å²) < 4.78 is 0. The number of hydrogen-bond donors (Lipinski definition) is 6. The number of nitrogens with one attached hydrogen (secondary N) is 3. The van der Waals surface area contributed by atoms with E-state index < -0.39 is 0 Å². The highest BCUT2D eigenvalue weighted by Crippen LogP contribution is 2.19. The van der Waals surface area contributed by atoms with Crippen LogP contribution in [0, 0.1) is 10.8 Å². The van der Waals surface area contributed by atoms with Gasteiger partial charge in [-0.05, 0) is 0 Å². The number of nitrogens with zero attached hydrogens (tertiary/aromatic N) is 2. The Bertz CT molecular complexity index is 493. The fourth-order valence-electron chi connectivity index (χ4n) is 1.04. The van der Waals surface area contributed by atoms with Crippen molar-refractivity contribution in [2.45, 2.75) is 5.75 Å². The van der Waals surface area contributed by atoms with E-state index in [1.165, 1.54) is 11.3 Å². The van der Waals surface area contributed by atoms with Gasteiger partial charge in [-0.15, -0.1) is 48.6 Å². The number of guanidine groups is 1. The molecule has 13 heteroatoms. The second-order valence-electron chi connectivity index (χ2n) is 3.42. The van der Waals surface area contributed by atoms with E-state index in [0.717, 1.165) is 17.2 Å². The van der Waals surface area contributed by atoms with Gasteiger partial charge in [-0.3, -0.25) is 15.8 Å². The van der Waals surface area contributed by atoms with Crippen molar-refractivity contribution in [1.82, 2.24) is 4.98 Å². The highest BCUT2D eigenvalue weighted by molar-refractivity contribution is 7.98. The first kappa shape index (κ1) is 26.0. The molecule has 0 aliphatic rings. The first-order chi connectivity index (χ1) is 8.99. The Kier molecular flexibility index (Phi) is 16.2. The van der Waals surface area contributed by atoms with Crippen LogP contribution in [0.1, 0.15) is 5.69 Å². The molecule has 0 unspecified atom stereocenters. The number of hydrogen-bond acceptors (Lipinski definition) is 6. The number of aromatic nitrogens is 1. The monoisotopic (exact) mass is 408 g/mol. The maximum absolute atomic E-state index is 7.08. The zero-order chi connectivity index (χ0) is 14.3. The minimum Gasteiger partial charge on any atom is -0.381 e. The van der Waals surface area contributed by atoms with Gasteiger partial charge in [-0.25, -0.2) is 4.98 Å². The summed E-state index contributed by atoms with van der Waals surface area (Å²) in [6.45, 7) is 0.513. The predicted octanol–water partition coefficient (Wildman–Crippen LogP) is 1.24. The molecule has 1 aromatic heterocycles. The molecule has 9 N–H and O–H groups in total. The van der Waals surface area contributed by atoms with Gasteiger partial charge in [0.25, 0.3) is 0 Å². The van der Waals surface area contributed by atoms with Crippen LogP contribution in [0.15, 0.2) is 10.4 Å². The van der Waals surface area contributed by atoms with Crippen LogP contribution in [-0.4, -0.2) is 34.9 Å². The molecule has 0 fully saturated rings. The molecular formula is C9H19Cl3N8S2.